The number of hydrazine groups is 1. The van der Waals surface area contributed by atoms with E-state index in [0.29, 0.717) is 66.6 Å². The van der Waals surface area contributed by atoms with Crippen molar-refractivity contribution in [3.8, 4) is 17.3 Å². The molecule has 0 spiro atoms. The van der Waals surface area contributed by atoms with Crippen LogP contribution in [0.5, 0.6) is 5.88 Å². The number of carbonyl (C=O) groups is 2. The fourth-order valence-electron chi connectivity index (χ4n) is 4.20. The van der Waals surface area contributed by atoms with Gasteiger partial charge in [0, 0.05) is 42.5 Å². The minimum Gasteiger partial charge on any atom is -0.480 e. The molecule has 0 bridgehead atoms. The molecule has 0 unspecified atom stereocenters. The Labute approximate surface area is 197 Å². The summed E-state index contributed by atoms with van der Waals surface area (Å²) < 4.78 is 6.30. The summed E-state index contributed by atoms with van der Waals surface area (Å²) in [5, 5.41) is 12.1. The van der Waals surface area contributed by atoms with E-state index in [0.717, 1.165) is 9.13 Å². The minimum atomic E-state index is -0.333. The molecule has 5 rings (SSSR count). The van der Waals surface area contributed by atoms with Gasteiger partial charge in [-0.15, -0.1) is 0 Å². The van der Waals surface area contributed by atoms with Crippen LogP contribution >= 0.6 is 22.6 Å². The number of hydrogen-bond acceptors (Lipinski definition) is 8. The van der Waals surface area contributed by atoms with Crippen molar-refractivity contribution in [3.05, 3.63) is 39.1 Å². The SMILES string of the molecule is COc1nccc(I)c1-c1nc2cc3c(cc2[nH]1)C(=O)N(N1CCN(CCO)CC1)C3=O. The highest BCUT2D eigenvalue weighted by Gasteiger charge is 2.41. The molecule has 4 heterocycles. The molecule has 2 amide bonds. The first kappa shape index (κ1) is 21.2. The van der Waals surface area contributed by atoms with Crippen LogP contribution in [0.2, 0.25) is 0 Å². The number of aliphatic hydroxyl groups is 1. The van der Waals surface area contributed by atoms with E-state index in [-0.39, 0.29) is 18.4 Å². The number of imidazole rings is 1. The predicted molar refractivity (Wildman–Crippen MR) is 124 cm³/mol. The van der Waals surface area contributed by atoms with Crippen LogP contribution in [0.25, 0.3) is 22.4 Å². The highest BCUT2D eigenvalue weighted by atomic mass is 127. The van der Waals surface area contributed by atoms with E-state index in [4.69, 9.17) is 9.84 Å². The summed E-state index contributed by atoms with van der Waals surface area (Å²) >= 11 is 2.19. The van der Waals surface area contributed by atoms with Gasteiger partial charge in [-0.05, 0) is 40.8 Å². The van der Waals surface area contributed by atoms with Crippen molar-refractivity contribution >= 4 is 45.4 Å². The van der Waals surface area contributed by atoms with E-state index in [1.54, 1.807) is 30.4 Å². The summed E-state index contributed by atoms with van der Waals surface area (Å²) in [6, 6.07) is 5.22. The number of amides is 2. The monoisotopic (exact) mass is 548 g/mol. The molecule has 11 heteroatoms. The summed E-state index contributed by atoms with van der Waals surface area (Å²) in [4.78, 5) is 40.5. The number of rotatable bonds is 5. The number of pyridine rings is 1. The van der Waals surface area contributed by atoms with Crippen molar-refractivity contribution in [2.75, 3.05) is 46.4 Å². The smallest absolute Gasteiger partial charge is 0.276 e. The van der Waals surface area contributed by atoms with Gasteiger partial charge in [0.05, 0.1) is 41.4 Å². The third kappa shape index (κ3) is 3.45. The number of methoxy groups -OCH3 is 1. The normalized spacial score (nSPS) is 17.4. The van der Waals surface area contributed by atoms with Crippen LogP contribution in [0.1, 0.15) is 20.7 Å². The molecule has 1 aromatic carbocycles. The number of aromatic nitrogens is 3. The Kier molecular flexibility index (Phi) is 5.57. The molecule has 0 atom stereocenters. The molecule has 0 aliphatic carbocycles. The number of carbonyl (C=O) groups excluding carboxylic acids is 2. The lowest BCUT2D eigenvalue weighted by atomic mass is 10.1. The summed E-state index contributed by atoms with van der Waals surface area (Å²) in [7, 11) is 1.55. The topological polar surface area (TPSA) is 115 Å². The zero-order valence-corrected chi connectivity index (χ0v) is 19.5. The molecule has 2 aromatic heterocycles. The van der Waals surface area contributed by atoms with Crippen LogP contribution in [-0.4, -0.2) is 93.2 Å². The van der Waals surface area contributed by atoms with Crippen LogP contribution in [0.15, 0.2) is 24.4 Å². The Hall–Kier alpha value is -2.61. The van der Waals surface area contributed by atoms with E-state index < -0.39 is 0 Å². The molecule has 3 aromatic rings. The number of imide groups is 1. The van der Waals surface area contributed by atoms with Crippen molar-refractivity contribution in [1.82, 2.24) is 29.9 Å². The van der Waals surface area contributed by atoms with Gasteiger partial charge in [-0.2, -0.15) is 0 Å². The lowest BCUT2D eigenvalue weighted by Crippen LogP contribution is -2.55. The second-order valence-corrected chi connectivity index (χ2v) is 8.78. The van der Waals surface area contributed by atoms with Gasteiger partial charge in [0.2, 0.25) is 5.88 Å². The Morgan fingerprint density at radius 1 is 1.16 bits per heavy atom. The standard InChI is InChI=1S/C21H21IN6O4/c1-32-19-17(14(22)2-3-23-19)18-24-15-10-12-13(11-16(15)25-18)21(31)28(20(12)30)27-6-4-26(5-7-27)8-9-29/h2-3,10-11,29H,4-9H2,1H3,(H,24,25). The Balaban J connectivity index is 1.47. The molecule has 166 valence electrons. The number of fused-ring (bicyclic) bond motifs is 2. The number of ether oxygens (including phenoxy) is 1. The number of nitrogens with one attached hydrogen (secondary N) is 1. The van der Waals surface area contributed by atoms with E-state index in [1.807, 2.05) is 6.07 Å². The van der Waals surface area contributed by atoms with Crippen molar-refractivity contribution in [2.45, 2.75) is 0 Å². The van der Waals surface area contributed by atoms with Crippen molar-refractivity contribution in [1.29, 1.82) is 0 Å². The van der Waals surface area contributed by atoms with Crippen molar-refractivity contribution in [2.24, 2.45) is 0 Å². The lowest BCUT2D eigenvalue weighted by molar-refractivity contribution is -0.0227. The number of benzene rings is 1. The van der Waals surface area contributed by atoms with E-state index in [2.05, 4.69) is 42.4 Å². The molecule has 2 aliphatic rings. The quantitative estimate of drug-likeness (QED) is 0.363. The highest BCUT2D eigenvalue weighted by molar-refractivity contribution is 14.1. The molecule has 32 heavy (non-hydrogen) atoms. The van der Waals surface area contributed by atoms with Crippen LogP contribution in [0.3, 0.4) is 0 Å². The summed E-state index contributed by atoms with van der Waals surface area (Å²) in [6.07, 6.45) is 1.66. The molecule has 1 saturated heterocycles. The minimum absolute atomic E-state index is 0.0953. The maximum Gasteiger partial charge on any atom is 0.276 e. The Bertz CT molecular complexity index is 1170. The molecular formula is C21H21IN6O4. The van der Waals surface area contributed by atoms with E-state index in [1.165, 1.54) is 5.01 Å². The lowest BCUT2D eigenvalue weighted by Gasteiger charge is -2.37. The number of hydrogen-bond donors (Lipinski definition) is 2. The first-order valence-electron chi connectivity index (χ1n) is 10.2. The number of halogens is 1. The molecular weight excluding hydrogens is 527 g/mol. The highest BCUT2D eigenvalue weighted by Crippen LogP contribution is 2.34. The van der Waals surface area contributed by atoms with Crippen molar-refractivity contribution in [3.63, 3.8) is 0 Å². The Morgan fingerprint density at radius 3 is 2.56 bits per heavy atom. The van der Waals surface area contributed by atoms with Gasteiger partial charge in [-0.1, -0.05) is 0 Å². The molecule has 0 radical (unpaired) electrons. The van der Waals surface area contributed by atoms with Gasteiger partial charge in [0.25, 0.3) is 11.8 Å². The maximum absolute atomic E-state index is 13.1. The first-order valence-corrected chi connectivity index (χ1v) is 11.3. The summed E-state index contributed by atoms with van der Waals surface area (Å²) in [5.41, 5.74) is 2.70. The summed E-state index contributed by atoms with van der Waals surface area (Å²) in [5.74, 6) is 0.352. The van der Waals surface area contributed by atoms with Crippen molar-refractivity contribution < 1.29 is 19.4 Å². The molecule has 2 aliphatic heterocycles. The molecule has 10 nitrogen and oxygen atoms in total. The first-order chi connectivity index (χ1) is 15.5. The number of piperazine rings is 1. The van der Waals surface area contributed by atoms with Crippen LogP contribution in [-0.2, 0) is 0 Å². The van der Waals surface area contributed by atoms with Gasteiger partial charge >= 0.3 is 0 Å². The zero-order valence-electron chi connectivity index (χ0n) is 17.3. The average Bonchev–Trinajstić information content (AvgIpc) is 3.31. The van der Waals surface area contributed by atoms with E-state index >= 15 is 0 Å². The fourth-order valence-corrected chi connectivity index (χ4v) is 4.85. The van der Waals surface area contributed by atoms with Crippen LogP contribution in [0.4, 0.5) is 0 Å². The molecule has 2 N–H and O–H groups in total. The van der Waals surface area contributed by atoms with Crippen LogP contribution < -0.4 is 4.74 Å². The van der Waals surface area contributed by atoms with Gasteiger partial charge in [-0.3, -0.25) is 14.5 Å². The zero-order chi connectivity index (χ0) is 22.4. The number of β-amino-alcohol motifs (C(OH)–C–C–N with tert-alkyl or cyclic N) is 1. The second kappa shape index (κ2) is 8.39. The third-order valence-corrected chi connectivity index (χ3v) is 6.71. The average molecular weight is 548 g/mol. The fraction of sp³-hybridized carbons (Fsp3) is 0.333. The van der Waals surface area contributed by atoms with Gasteiger partial charge in [0.1, 0.15) is 5.82 Å². The summed E-state index contributed by atoms with van der Waals surface area (Å²) in [6.45, 7) is 3.15. The van der Waals surface area contributed by atoms with Gasteiger partial charge < -0.3 is 14.8 Å². The van der Waals surface area contributed by atoms with Crippen LogP contribution in [0, 0.1) is 3.57 Å². The number of nitrogens with zero attached hydrogens (tertiary/aromatic N) is 5. The largest absolute Gasteiger partial charge is 0.480 e. The van der Waals surface area contributed by atoms with E-state index in [9.17, 15) is 9.59 Å². The molecule has 1 fully saturated rings. The number of aliphatic hydroxyl groups excluding tert-OH is 1. The molecule has 0 saturated carbocycles. The predicted octanol–water partition coefficient (Wildman–Crippen LogP) is 1.36. The van der Waals surface area contributed by atoms with Gasteiger partial charge in [0.15, 0.2) is 0 Å². The maximum atomic E-state index is 13.1. The van der Waals surface area contributed by atoms with Gasteiger partial charge in [-0.25, -0.2) is 20.0 Å². The number of H-pyrrole nitrogens is 1. The third-order valence-electron chi connectivity index (χ3n) is 5.81. The second-order valence-electron chi connectivity index (χ2n) is 7.62. The Morgan fingerprint density at radius 2 is 1.88 bits per heavy atom. The number of aromatic amines is 1.